The highest BCUT2D eigenvalue weighted by Gasteiger charge is 2.51. The number of non-ortho nitro benzene ring substituents is 1. The van der Waals surface area contributed by atoms with Gasteiger partial charge in [0, 0.05) is 23.1 Å². The molecule has 2 amide bonds. The molecule has 0 spiro atoms. The first-order chi connectivity index (χ1) is 14.1. The van der Waals surface area contributed by atoms with Gasteiger partial charge >= 0.3 is 0 Å². The molecule has 1 atom stereocenters. The van der Waals surface area contributed by atoms with E-state index in [9.17, 15) is 19.7 Å². The van der Waals surface area contributed by atoms with Crippen LogP contribution < -0.4 is 10.4 Å². The number of nitrogens with zero attached hydrogens (tertiary/aromatic N) is 2. The van der Waals surface area contributed by atoms with Gasteiger partial charge < -0.3 is 0 Å². The number of carbonyl (C=O) groups is 2. The van der Waals surface area contributed by atoms with Crippen LogP contribution in [-0.2, 0) is 14.4 Å². The lowest BCUT2D eigenvalue weighted by molar-refractivity contribution is -0.384. The van der Waals surface area contributed by atoms with Crippen LogP contribution in [0.5, 0.6) is 0 Å². The third kappa shape index (κ3) is 2.50. The first kappa shape index (κ1) is 17.1. The van der Waals surface area contributed by atoms with Crippen molar-refractivity contribution in [3.63, 3.8) is 0 Å². The zero-order valence-electron chi connectivity index (χ0n) is 14.9. The molecule has 2 heterocycles. The predicted octanol–water partition coefficient (Wildman–Crippen LogP) is 2.94. The smallest absolute Gasteiger partial charge is 0.270 e. The number of amides is 2. The van der Waals surface area contributed by atoms with Crippen LogP contribution in [0.15, 0.2) is 72.3 Å². The molecular formula is C21H13N3O5. The number of carbonyl (C=O) groups excluding carboxylic acids is 2. The van der Waals surface area contributed by atoms with Gasteiger partial charge in [-0.25, -0.2) is 4.90 Å². The van der Waals surface area contributed by atoms with E-state index in [-0.39, 0.29) is 11.3 Å². The Balaban J connectivity index is 1.61. The summed E-state index contributed by atoms with van der Waals surface area (Å²) < 4.78 is 0. The number of nitrogens with one attached hydrogen (secondary N) is 1. The van der Waals surface area contributed by atoms with Gasteiger partial charge in [0.15, 0.2) is 6.10 Å². The number of hydroxylamine groups is 1. The van der Waals surface area contributed by atoms with E-state index in [0.29, 0.717) is 16.9 Å². The van der Waals surface area contributed by atoms with Gasteiger partial charge in [0.2, 0.25) is 0 Å². The van der Waals surface area contributed by atoms with Crippen molar-refractivity contribution in [2.24, 2.45) is 0 Å². The monoisotopic (exact) mass is 387 g/mol. The molecule has 0 aromatic heterocycles. The Morgan fingerprint density at radius 1 is 0.966 bits per heavy atom. The van der Waals surface area contributed by atoms with E-state index in [4.69, 9.17) is 4.84 Å². The zero-order chi connectivity index (χ0) is 20.1. The Hall–Kier alpha value is -4.04. The van der Waals surface area contributed by atoms with Crippen LogP contribution in [0.25, 0.3) is 16.5 Å². The topological polar surface area (TPSA) is 102 Å². The summed E-state index contributed by atoms with van der Waals surface area (Å²) in [5, 5.41) is 12.6. The molecule has 0 aliphatic carbocycles. The molecule has 1 N–H and O–H groups in total. The van der Waals surface area contributed by atoms with E-state index in [1.54, 1.807) is 12.1 Å². The third-order valence-electron chi connectivity index (χ3n) is 5.06. The number of imide groups is 1. The van der Waals surface area contributed by atoms with Crippen LogP contribution >= 0.6 is 0 Å². The van der Waals surface area contributed by atoms with Gasteiger partial charge in [-0.2, -0.15) is 0 Å². The maximum Gasteiger partial charge on any atom is 0.270 e. The first-order valence-electron chi connectivity index (χ1n) is 8.83. The molecule has 8 heteroatoms. The van der Waals surface area contributed by atoms with Crippen LogP contribution in [0.3, 0.4) is 0 Å². The summed E-state index contributed by atoms with van der Waals surface area (Å²) in [6, 6.07) is 18.6. The molecular weight excluding hydrogens is 374 g/mol. The fourth-order valence-electron chi connectivity index (χ4n) is 3.69. The molecule has 3 aromatic carbocycles. The maximum atomic E-state index is 13.2. The minimum atomic E-state index is -1.06. The van der Waals surface area contributed by atoms with E-state index >= 15 is 0 Å². The first-order valence-corrected chi connectivity index (χ1v) is 8.83. The number of nitro benzene ring substituents is 1. The number of hydrogen-bond donors (Lipinski definition) is 1. The zero-order valence-corrected chi connectivity index (χ0v) is 14.9. The second-order valence-electron chi connectivity index (χ2n) is 6.67. The Kier molecular flexibility index (Phi) is 3.68. The van der Waals surface area contributed by atoms with Crippen molar-refractivity contribution in [1.82, 2.24) is 5.48 Å². The van der Waals surface area contributed by atoms with Crippen molar-refractivity contribution in [2.75, 3.05) is 4.90 Å². The highest BCUT2D eigenvalue weighted by Crippen LogP contribution is 2.38. The molecule has 1 fully saturated rings. The Bertz CT molecular complexity index is 1230. The number of nitro groups is 1. The average molecular weight is 387 g/mol. The number of hydrogen-bond acceptors (Lipinski definition) is 6. The van der Waals surface area contributed by atoms with Crippen LogP contribution in [0.2, 0.25) is 0 Å². The van der Waals surface area contributed by atoms with Crippen LogP contribution in [0.4, 0.5) is 11.4 Å². The molecule has 0 unspecified atom stereocenters. The van der Waals surface area contributed by atoms with Gasteiger partial charge in [0.05, 0.1) is 21.9 Å². The summed E-state index contributed by atoms with van der Waals surface area (Å²) >= 11 is 0. The van der Waals surface area contributed by atoms with Crippen molar-refractivity contribution < 1.29 is 19.3 Å². The highest BCUT2D eigenvalue weighted by atomic mass is 16.7. The molecule has 0 bridgehead atoms. The van der Waals surface area contributed by atoms with Crippen LogP contribution in [0, 0.1) is 10.1 Å². The molecule has 29 heavy (non-hydrogen) atoms. The minimum absolute atomic E-state index is 0.0685. The molecule has 5 rings (SSSR count). The molecule has 1 saturated heterocycles. The molecule has 142 valence electrons. The molecule has 3 aromatic rings. The fourth-order valence-corrected chi connectivity index (χ4v) is 3.69. The van der Waals surface area contributed by atoms with Gasteiger partial charge in [-0.15, -0.1) is 0 Å². The van der Waals surface area contributed by atoms with Gasteiger partial charge in [0.25, 0.3) is 17.5 Å². The summed E-state index contributed by atoms with van der Waals surface area (Å²) in [7, 11) is 0. The van der Waals surface area contributed by atoms with E-state index in [2.05, 4.69) is 5.48 Å². The molecule has 8 nitrogen and oxygen atoms in total. The summed E-state index contributed by atoms with van der Waals surface area (Å²) in [5.74, 6) is -0.958. The number of rotatable bonds is 3. The largest absolute Gasteiger partial charge is 0.270 e. The second-order valence-corrected chi connectivity index (χ2v) is 6.67. The number of anilines is 1. The lowest BCUT2D eigenvalue weighted by atomic mass is 10.0. The van der Waals surface area contributed by atoms with Crippen molar-refractivity contribution >= 4 is 39.7 Å². The van der Waals surface area contributed by atoms with E-state index in [0.717, 1.165) is 15.7 Å². The lowest BCUT2D eigenvalue weighted by Crippen LogP contribution is -2.34. The molecule has 2 aliphatic rings. The number of fused-ring (bicyclic) bond motifs is 2. The van der Waals surface area contributed by atoms with Crippen molar-refractivity contribution in [3.8, 4) is 0 Å². The SMILES string of the molecule is O=C1C2=C(c3ccc([N+](=O)[O-])cc3)NO[C@H]2C(=O)N1c1cccc2ccccc12. The van der Waals surface area contributed by atoms with Crippen molar-refractivity contribution in [1.29, 1.82) is 0 Å². The standard InChI is InChI=1S/C21H13N3O5/c25-20-17-18(13-8-10-14(11-9-13)24(27)28)22-29-19(17)21(26)23(20)16-7-3-5-12-4-1-2-6-15(12)16/h1-11,19,22H/t19-/m1/s1. The Morgan fingerprint density at radius 2 is 1.69 bits per heavy atom. The van der Waals surface area contributed by atoms with Gasteiger partial charge in [0.1, 0.15) is 0 Å². The predicted molar refractivity (Wildman–Crippen MR) is 104 cm³/mol. The molecule has 2 aliphatic heterocycles. The third-order valence-corrected chi connectivity index (χ3v) is 5.06. The van der Waals surface area contributed by atoms with E-state index < -0.39 is 22.8 Å². The Morgan fingerprint density at radius 3 is 2.45 bits per heavy atom. The number of benzene rings is 3. The second kappa shape index (κ2) is 6.25. The van der Waals surface area contributed by atoms with Crippen LogP contribution in [0.1, 0.15) is 5.56 Å². The highest BCUT2D eigenvalue weighted by molar-refractivity contribution is 6.34. The summed E-state index contributed by atoms with van der Waals surface area (Å²) in [4.78, 5) is 43.1. The van der Waals surface area contributed by atoms with E-state index in [1.165, 1.54) is 24.3 Å². The Labute approximate surface area is 164 Å². The van der Waals surface area contributed by atoms with Gasteiger partial charge in [-0.1, -0.05) is 36.4 Å². The lowest BCUT2D eigenvalue weighted by Gasteiger charge is -2.17. The van der Waals surface area contributed by atoms with Gasteiger partial charge in [-0.3, -0.25) is 30.0 Å². The summed E-state index contributed by atoms with van der Waals surface area (Å²) in [6.07, 6.45) is -1.06. The molecule has 0 radical (unpaired) electrons. The van der Waals surface area contributed by atoms with Crippen LogP contribution in [-0.4, -0.2) is 22.8 Å². The summed E-state index contributed by atoms with van der Waals surface area (Å²) in [5.41, 5.74) is 4.11. The fraction of sp³-hybridized carbons (Fsp3) is 0.0476. The minimum Gasteiger partial charge on any atom is -0.270 e. The normalized spacial score (nSPS) is 18.3. The molecule has 0 saturated carbocycles. The quantitative estimate of drug-likeness (QED) is 0.421. The average Bonchev–Trinajstić information content (AvgIpc) is 3.28. The summed E-state index contributed by atoms with van der Waals surface area (Å²) in [6.45, 7) is 0. The van der Waals surface area contributed by atoms with E-state index in [1.807, 2.05) is 30.3 Å². The van der Waals surface area contributed by atoms with Crippen molar-refractivity contribution in [2.45, 2.75) is 6.10 Å². The van der Waals surface area contributed by atoms with Gasteiger partial charge in [-0.05, 0) is 23.6 Å². The van der Waals surface area contributed by atoms with Crippen molar-refractivity contribution in [3.05, 3.63) is 88.0 Å². The maximum absolute atomic E-state index is 13.2.